The van der Waals surface area contributed by atoms with Gasteiger partial charge in [0.05, 0.1) is 6.61 Å². The number of hydrogen-bond donors (Lipinski definition) is 1. The first-order chi connectivity index (χ1) is 7.33. The van der Waals surface area contributed by atoms with E-state index in [1.54, 1.807) is 6.20 Å². The molecule has 0 spiro atoms. The molecule has 0 bridgehead atoms. The van der Waals surface area contributed by atoms with Gasteiger partial charge in [0.25, 0.3) is 0 Å². The van der Waals surface area contributed by atoms with Crippen molar-refractivity contribution in [3.8, 4) is 0 Å². The molecule has 0 amide bonds. The van der Waals surface area contributed by atoms with E-state index in [1.165, 1.54) is 6.42 Å². The third-order valence-corrected chi connectivity index (χ3v) is 1.97. The van der Waals surface area contributed by atoms with Crippen LogP contribution < -0.4 is 5.32 Å². The van der Waals surface area contributed by atoms with E-state index >= 15 is 0 Å². The summed E-state index contributed by atoms with van der Waals surface area (Å²) in [5.74, 6) is 0.675. The van der Waals surface area contributed by atoms with Crippen LogP contribution in [0.2, 0.25) is 0 Å². The Morgan fingerprint density at radius 3 is 3.00 bits per heavy atom. The van der Waals surface area contributed by atoms with Crippen molar-refractivity contribution >= 4 is 5.95 Å². The van der Waals surface area contributed by atoms with E-state index in [4.69, 9.17) is 4.74 Å². The monoisotopic (exact) mass is 209 g/mol. The average molecular weight is 209 g/mol. The number of nitrogens with zero attached hydrogens (tertiary/aromatic N) is 2. The van der Waals surface area contributed by atoms with Crippen molar-refractivity contribution in [3.63, 3.8) is 0 Å². The van der Waals surface area contributed by atoms with Gasteiger partial charge in [0, 0.05) is 25.0 Å². The number of anilines is 1. The largest absolute Gasteiger partial charge is 0.380 e. The Balaban J connectivity index is 2.10. The van der Waals surface area contributed by atoms with Crippen molar-refractivity contribution in [2.24, 2.45) is 0 Å². The van der Waals surface area contributed by atoms with Crippen molar-refractivity contribution in [1.29, 1.82) is 0 Å². The zero-order valence-electron chi connectivity index (χ0n) is 9.49. The zero-order valence-corrected chi connectivity index (χ0v) is 9.49. The fourth-order valence-electron chi connectivity index (χ4n) is 1.12. The summed E-state index contributed by atoms with van der Waals surface area (Å²) < 4.78 is 5.41. The summed E-state index contributed by atoms with van der Waals surface area (Å²) in [6.07, 6.45) is 4.05. The Morgan fingerprint density at radius 2 is 2.27 bits per heavy atom. The van der Waals surface area contributed by atoms with Crippen LogP contribution in [0.5, 0.6) is 0 Å². The number of aromatic nitrogens is 2. The fraction of sp³-hybridized carbons (Fsp3) is 0.636. The van der Waals surface area contributed by atoms with Crippen molar-refractivity contribution in [3.05, 3.63) is 18.0 Å². The molecule has 0 fully saturated rings. The third-order valence-electron chi connectivity index (χ3n) is 1.97. The zero-order chi connectivity index (χ0) is 10.9. The molecule has 1 aromatic rings. The molecule has 0 radical (unpaired) electrons. The van der Waals surface area contributed by atoms with Crippen molar-refractivity contribution in [2.75, 3.05) is 25.1 Å². The van der Waals surface area contributed by atoms with Gasteiger partial charge in [-0.15, -0.1) is 0 Å². The van der Waals surface area contributed by atoms with Crippen LogP contribution in [0.25, 0.3) is 0 Å². The number of hydrogen-bond acceptors (Lipinski definition) is 4. The molecule has 0 atom stereocenters. The standard InChI is InChI=1S/C11H19N3O/c1-3-4-8-15-9-7-13-11-12-6-5-10(2)14-11/h5-6H,3-4,7-9H2,1-2H3,(H,12,13,14). The Labute approximate surface area is 91.1 Å². The second-order valence-electron chi connectivity index (χ2n) is 3.41. The molecule has 0 aliphatic rings. The lowest BCUT2D eigenvalue weighted by Gasteiger charge is -2.05. The molecule has 4 heteroatoms. The van der Waals surface area contributed by atoms with E-state index in [0.29, 0.717) is 12.6 Å². The van der Waals surface area contributed by atoms with Gasteiger partial charge in [-0.1, -0.05) is 13.3 Å². The maximum absolute atomic E-state index is 5.41. The maximum Gasteiger partial charge on any atom is 0.222 e. The Kier molecular flexibility index (Phi) is 5.70. The van der Waals surface area contributed by atoms with Crippen molar-refractivity contribution in [2.45, 2.75) is 26.7 Å². The SMILES string of the molecule is CCCCOCCNc1nccc(C)n1. The Morgan fingerprint density at radius 1 is 1.40 bits per heavy atom. The molecule has 1 rings (SSSR count). The molecule has 0 saturated heterocycles. The van der Waals surface area contributed by atoms with Gasteiger partial charge >= 0.3 is 0 Å². The van der Waals surface area contributed by atoms with Gasteiger partial charge in [-0.25, -0.2) is 9.97 Å². The van der Waals surface area contributed by atoms with Gasteiger partial charge < -0.3 is 10.1 Å². The molecule has 0 aliphatic heterocycles. The number of aryl methyl sites for hydroxylation is 1. The molecule has 4 nitrogen and oxygen atoms in total. The van der Waals surface area contributed by atoms with Gasteiger partial charge in [-0.2, -0.15) is 0 Å². The van der Waals surface area contributed by atoms with Crippen molar-refractivity contribution < 1.29 is 4.74 Å². The lowest BCUT2D eigenvalue weighted by atomic mass is 10.4. The predicted molar refractivity (Wildman–Crippen MR) is 61.0 cm³/mol. The van der Waals surface area contributed by atoms with Gasteiger partial charge in [-0.05, 0) is 19.4 Å². The van der Waals surface area contributed by atoms with Crippen LogP contribution in [0.4, 0.5) is 5.95 Å². The highest BCUT2D eigenvalue weighted by molar-refractivity contribution is 5.24. The quantitative estimate of drug-likeness (QED) is 0.698. The van der Waals surface area contributed by atoms with Crippen LogP contribution in [-0.2, 0) is 4.74 Å². The molecule has 0 saturated carbocycles. The molecule has 0 aliphatic carbocycles. The summed E-state index contributed by atoms with van der Waals surface area (Å²) in [6, 6.07) is 1.88. The second-order valence-corrected chi connectivity index (χ2v) is 3.41. The first kappa shape index (κ1) is 11.9. The summed E-state index contributed by atoms with van der Waals surface area (Å²) in [4.78, 5) is 8.33. The lowest BCUT2D eigenvalue weighted by Crippen LogP contribution is -2.12. The summed E-state index contributed by atoms with van der Waals surface area (Å²) in [5.41, 5.74) is 0.972. The highest BCUT2D eigenvalue weighted by Crippen LogP contribution is 1.97. The normalized spacial score (nSPS) is 10.3. The lowest BCUT2D eigenvalue weighted by molar-refractivity contribution is 0.141. The molecular weight excluding hydrogens is 190 g/mol. The van der Waals surface area contributed by atoms with E-state index in [9.17, 15) is 0 Å². The predicted octanol–water partition coefficient (Wildman–Crippen LogP) is 2.01. The van der Waals surface area contributed by atoms with Crippen molar-refractivity contribution in [1.82, 2.24) is 9.97 Å². The van der Waals surface area contributed by atoms with E-state index in [2.05, 4.69) is 22.2 Å². The minimum absolute atomic E-state index is 0.675. The van der Waals surface area contributed by atoms with Crippen LogP contribution in [0.15, 0.2) is 12.3 Å². The van der Waals surface area contributed by atoms with Crippen LogP contribution >= 0.6 is 0 Å². The van der Waals surface area contributed by atoms with E-state index in [1.807, 2.05) is 13.0 Å². The second kappa shape index (κ2) is 7.17. The molecular formula is C11H19N3O. The average Bonchev–Trinajstić information content (AvgIpc) is 2.23. The summed E-state index contributed by atoms with van der Waals surface area (Å²) in [7, 11) is 0. The topological polar surface area (TPSA) is 47.0 Å². The molecule has 0 aromatic carbocycles. The van der Waals surface area contributed by atoms with E-state index in [0.717, 1.165) is 25.3 Å². The number of unbranched alkanes of at least 4 members (excludes halogenated alkanes) is 1. The van der Waals surface area contributed by atoms with Gasteiger partial charge in [0.15, 0.2) is 0 Å². The highest BCUT2D eigenvalue weighted by atomic mass is 16.5. The van der Waals surface area contributed by atoms with Gasteiger partial charge in [0.1, 0.15) is 0 Å². The highest BCUT2D eigenvalue weighted by Gasteiger charge is 1.94. The molecule has 1 N–H and O–H groups in total. The van der Waals surface area contributed by atoms with E-state index < -0.39 is 0 Å². The van der Waals surface area contributed by atoms with Gasteiger partial charge in [-0.3, -0.25) is 0 Å². The smallest absolute Gasteiger partial charge is 0.222 e. The minimum Gasteiger partial charge on any atom is -0.380 e. The summed E-state index contributed by atoms with van der Waals surface area (Å²) in [6.45, 7) is 6.41. The maximum atomic E-state index is 5.41. The first-order valence-electron chi connectivity index (χ1n) is 5.44. The number of nitrogens with one attached hydrogen (secondary N) is 1. The third kappa shape index (κ3) is 5.32. The number of rotatable bonds is 7. The van der Waals surface area contributed by atoms with E-state index in [-0.39, 0.29) is 0 Å². The molecule has 0 unspecified atom stereocenters. The minimum atomic E-state index is 0.675. The number of ether oxygens (including phenoxy) is 1. The summed E-state index contributed by atoms with van der Waals surface area (Å²) >= 11 is 0. The summed E-state index contributed by atoms with van der Waals surface area (Å²) in [5, 5.41) is 3.12. The first-order valence-corrected chi connectivity index (χ1v) is 5.44. The molecule has 84 valence electrons. The molecule has 1 aromatic heterocycles. The van der Waals surface area contributed by atoms with Crippen LogP contribution in [0.1, 0.15) is 25.5 Å². The van der Waals surface area contributed by atoms with Gasteiger partial charge in [0.2, 0.25) is 5.95 Å². The van der Waals surface area contributed by atoms with Crippen LogP contribution in [0, 0.1) is 6.92 Å². The Hall–Kier alpha value is -1.16. The van der Waals surface area contributed by atoms with Crippen LogP contribution in [0.3, 0.4) is 0 Å². The molecule has 15 heavy (non-hydrogen) atoms. The fourth-order valence-corrected chi connectivity index (χ4v) is 1.12. The Bertz CT molecular complexity index is 278. The van der Waals surface area contributed by atoms with Crippen LogP contribution in [-0.4, -0.2) is 29.7 Å². The molecule has 1 heterocycles.